The maximum Gasteiger partial charge on any atom is 0.0897 e. The zero-order chi connectivity index (χ0) is 30.6. The summed E-state index contributed by atoms with van der Waals surface area (Å²) in [5.74, 6) is -1.08. The lowest BCUT2D eigenvalue weighted by Crippen LogP contribution is -2.52. The average Bonchev–Trinajstić information content (AvgIpc) is 3.00. The highest BCUT2D eigenvalue weighted by molar-refractivity contribution is 6.24. The van der Waals surface area contributed by atoms with Gasteiger partial charge in [0.15, 0.2) is 0 Å². The first-order chi connectivity index (χ1) is 21.2. The van der Waals surface area contributed by atoms with Gasteiger partial charge in [0, 0.05) is 89.4 Å². The van der Waals surface area contributed by atoms with Gasteiger partial charge in [-0.3, -0.25) is 0 Å². The van der Waals surface area contributed by atoms with E-state index in [4.69, 9.17) is 11.5 Å². The average molecular weight is 584 g/mol. The van der Waals surface area contributed by atoms with Crippen LogP contribution in [0.5, 0.6) is 0 Å². The summed E-state index contributed by atoms with van der Waals surface area (Å²) in [6, 6.07) is 26.6. The molecular weight excluding hydrogens is 546 g/mol. The SMILES string of the molecule is CN(C)c1c2ccccc2c(C2C(O)C(c3c4c(N)cccc4c4c5c(ccc(N)c35)N(C)CN4C)C2O)c2ccccc12. The Morgan fingerprint density at radius 3 is 1.77 bits per heavy atom. The minimum atomic E-state index is -0.861. The van der Waals surface area contributed by atoms with Gasteiger partial charge >= 0.3 is 0 Å². The number of aliphatic hydroxyl groups excluding tert-OH is 2. The van der Waals surface area contributed by atoms with Crippen molar-refractivity contribution in [2.75, 3.05) is 61.0 Å². The van der Waals surface area contributed by atoms with E-state index >= 15 is 0 Å². The molecule has 1 fully saturated rings. The molecule has 7 nitrogen and oxygen atoms in total. The Kier molecular flexibility index (Phi) is 5.73. The molecule has 0 saturated heterocycles. The molecule has 0 bridgehead atoms. The fourth-order valence-electron chi connectivity index (χ4n) is 8.35. The number of benzene rings is 6. The molecule has 8 rings (SSSR count). The van der Waals surface area contributed by atoms with Crippen LogP contribution in [0.2, 0.25) is 0 Å². The topological polar surface area (TPSA) is 102 Å². The van der Waals surface area contributed by atoms with Gasteiger partial charge in [-0.1, -0.05) is 60.7 Å². The standard InChI is InChI=1S/C37H37N5O2/c1-40(2)34-21-12-7-5-10-19(21)27(20-11-6-8-13-22(20)34)32-36(43)33(37(32)44)31-28-23(14-9-15-24(28)38)35-30-26(41(3)18-42(35)4)17-16-25(39)29(30)31/h5-17,32-33,36-37,43-44H,18,38-39H2,1-4H3. The summed E-state index contributed by atoms with van der Waals surface area (Å²) < 4.78 is 0. The van der Waals surface area contributed by atoms with E-state index in [1.165, 1.54) is 0 Å². The highest BCUT2D eigenvalue weighted by atomic mass is 16.3. The zero-order valence-corrected chi connectivity index (χ0v) is 25.4. The van der Waals surface area contributed by atoms with Gasteiger partial charge in [0.1, 0.15) is 0 Å². The maximum atomic E-state index is 12.3. The highest BCUT2D eigenvalue weighted by Gasteiger charge is 2.53. The van der Waals surface area contributed by atoms with Crippen molar-refractivity contribution in [1.82, 2.24) is 0 Å². The van der Waals surface area contributed by atoms with Crippen molar-refractivity contribution in [2.24, 2.45) is 0 Å². The van der Waals surface area contributed by atoms with Crippen molar-refractivity contribution >= 4 is 71.5 Å². The van der Waals surface area contributed by atoms with Crippen LogP contribution in [0.1, 0.15) is 23.0 Å². The molecule has 0 amide bonds. The Hall–Kier alpha value is -4.72. The van der Waals surface area contributed by atoms with Crippen molar-refractivity contribution in [3.05, 3.63) is 90.0 Å². The lowest BCUT2D eigenvalue weighted by Gasteiger charge is -2.49. The number of aliphatic hydroxyl groups is 2. The lowest BCUT2D eigenvalue weighted by molar-refractivity contribution is -0.0765. The summed E-state index contributed by atoms with van der Waals surface area (Å²) >= 11 is 0. The van der Waals surface area contributed by atoms with Gasteiger partial charge in [-0.2, -0.15) is 0 Å². The van der Waals surface area contributed by atoms with Gasteiger partial charge in [-0.15, -0.1) is 0 Å². The molecule has 1 aliphatic carbocycles. The number of rotatable bonds is 3. The smallest absolute Gasteiger partial charge is 0.0897 e. The predicted molar refractivity (Wildman–Crippen MR) is 185 cm³/mol. The molecule has 2 atom stereocenters. The van der Waals surface area contributed by atoms with Crippen LogP contribution in [0.15, 0.2) is 78.9 Å². The summed E-state index contributed by atoms with van der Waals surface area (Å²) in [6.07, 6.45) is -1.72. The van der Waals surface area contributed by atoms with E-state index in [9.17, 15) is 10.2 Å². The zero-order valence-electron chi connectivity index (χ0n) is 25.4. The van der Waals surface area contributed by atoms with E-state index in [0.29, 0.717) is 11.4 Å². The van der Waals surface area contributed by atoms with E-state index in [1.807, 2.05) is 42.5 Å². The predicted octanol–water partition coefficient (Wildman–Crippen LogP) is 5.98. The molecule has 2 aliphatic rings. The van der Waals surface area contributed by atoms with Crippen LogP contribution in [0.3, 0.4) is 0 Å². The van der Waals surface area contributed by atoms with E-state index in [0.717, 1.165) is 77.9 Å². The molecule has 0 spiro atoms. The summed E-state index contributed by atoms with van der Waals surface area (Å²) in [5.41, 5.74) is 19.9. The third kappa shape index (κ3) is 3.39. The molecule has 222 valence electrons. The van der Waals surface area contributed by atoms with Crippen molar-refractivity contribution in [1.29, 1.82) is 0 Å². The minimum absolute atomic E-state index is 0.497. The van der Waals surface area contributed by atoms with Crippen LogP contribution < -0.4 is 26.2 Å². The summed E-state index contributed by atoms with van der Waals surface area (Å²) in [6.45, 7) is 0.717. The molecule has 1 heterocycles. The van der Waals surface area contributed by atoms with Crippen LogP contribution in [-0.2, 0) is 0 Å². The van der Waals surface area contributed by atoms with Gasteiger partial charge < -0.3 is 36.4 Å². The quantitative estimate of drug-likeness (QED) is 0.150. The molecule has 44 heavy (non-hydrogen) atoms. The Bertz CT molecular complexity index is 2090. The molecule has 1 saturated carbocycles. The van der Waals surface area contributed by atoms with Crippen molar-refractivity contribution in [3.8, 4) is 0 Å². The molecule has 6 aromatic rings. The van der Waals surface area contributed by atoms with Gasteiger partial charge in [-0.25, -0.2) is 0 Å². The molecule has 2 unspecified atom stereocenters. The normalized spacial score (nSPS) is 21.4. The van der Waals surface area contributed by atoms with Crippen LogP contribution in [0, 0.1) is 0 Å². The van der Waals surface area contributed by atoms with Crippen LogP contribution in [0.4, 0.5) is 28.4 Å². The van der Waals surface area contributed by atoms with Crippen molar-refractivity contribution < 1.29 is 10.2 Å². The number of hydrogen-bond donors (Lipinski definition) is 4. The summed E-state index contributed by atoms with van der Waals surface area (Å²) in [5, 5.41) is 32.6. The minimum Gasteiger partial charge on any atom is -0.398 e. The third-order valence-corrected chi connectivity index (χ3v) is 10.1. The second kappa shape index (κ2) is 9.39. The summed E-state index contributed by atoms with van der Waals surface area (Å²) in [7, 11) is 8.27. The Morgan fingerprint density at radius 2 is 1.16 bits per heavy atom. The first kappa shape index (κ1) is 26.9. The van der Waals surface area contributed by atoms with Crippen LogP contribution >= 0.6 is 0 Å². The Labute approximate surface area is 256 Å². The van der Waals surface area contributed by atoms with E-state index in [-0.39, 0.29) is 0 Å². The number of hydrogen-bond acceptors (Lipinski definition) is 7. The van der Waals surface area contributed by atoms with Gasteiger partial charge in [0.05, 0.1) is 30.3 Å². The van der Waals surface area contributed by atoms with Crippen LogP contribution in [-0.4, -0.2) is 57.3 Å². The highest BCUT2D eigenvalue weighted by Crippen LogP contribution is 2.58. The molecule has 7 heteroatoms. The van der Waals surface area contributed by atoms with Gasteiger partial charge in [-0.05, 0) is 40.1 Å². The Morgan fingerprint density at radius 1 is 0.614 bits per heavy atom. The van der Waals surface area contributed by atoms with E-state index < -0.39 is 24.0 Å². The number of nitrogen functional groups attached to an aromatic ring is 2. The molecule has 6 aromatic carbocycles. The van der Waals surface area contributed by atoms with Gasteiger partial charge in [0.2, 0.25) is 0 Å². The number of anilines is 5. The fraction of sp³-hybridized carbons (Fsp3) is 0.243. The second-order valence-corrected chi connectivity index (χ2v) is 12.8. The van der Waals surface area contributed by atoms with E-state index in [1.54, 1.807) is 0 Å². The first-order valence-electron chi connectivity index (χ1n) is 15.2. The molecule has 0 aromatic heterocycles. The summed E-state index contributed by atoms with van der Waals surface area (Å²) in [4.78, 5) is 6.57. The number of nitrogens with zero attached hydrogens (tertiary/aromatic N) is 3. The van der Waals surface area contributed by atoms with Gasteiger partial charge in [0.25, 0.3) is 0 Å². The third-order valence-electron chi connectivity index (χ3n) is 10.1. The maximum absolute atomic E-state index is 12.3. The van der Waals surface area contributed by atoms with Crippen LogP contribution in [0.25, 0.3) is 43.1 Å². The monoisotopic (exact) mass is 583 g/mol. The second-order valence-electron chi connectivity index (χ2n) is 12.8. The van der Waals surface area contributed by atoms with Crippen molar-refractivity contribution in [2.45, 2.75) is 24.0 Å². The molecule has 0 radical (unpaired) electrons. The molecule has 6 N–H and O–H groups in total. The molecular formula is C37H37N5O2. The van der Waals surface area contributed by atoms with E-state index in [2.05, 4.69) is 79.3 Å². The number of fused-ring (bicyclic) bond motifs is 4. The first-order valence-corrected chi connectivity index (χ1v) is 15.2. The fourth-order valence-corrected chi connectivity index (χ4v) is 8.35. The largest absolute Gasteiger partial charge is 0.398 e. The molecule has 1 aliphatic heterocycles. The lowest BCUT2D eigenvalue weighted by atomic mass is 9.60. The Balaban J connectivity index is 1.41. The van der Waals surface area contributed by atoms with Crippen molar-refractivity contribution in [3.63, 3.8) is 0 Å². The number of nitrogens with two attached hydrogens (primary N) is 2.